The molecule has 0 bridgehead atoms. The monoisotopic (exact) mass is 403 g/mol. The van der Waals surface area contributed by atoms with Crippen LogP contribution in [0, 0.1) is 11.3 Å². The fraction of sp³-hybridized carbons (Fsp3) is 0.524. The number of ether oxygens (including phenoxy) is 1. The quantitative estimate of drug-likeness (QED) is 0.383. The summed E-state index contributed by atoms with van der Waals surface area (Å²) >= 11 is 0. The van der Waals surface area contributed by atoms with E-state index < -0.39 is 12.0 Å². The number of piperidine rings is 1. The number of amidine groups is 1. The molecule has 158 valence electrons. The highest BCUT2D eigenvalue weighted by Crippen LogP contribution is 2.17. The summed E-state index contributed by atoms with van der Waals surface area (Å²) in [6.45, 7) is 6.19. The zero-order valence-electron chi connectivity index (χ0n) is 17.1. The number of ketones is 1. The number of carbonyl (C=O) groups is 3. The highest BCUT2D eigenvalue weighted by molar-refractivity contribution is 6.05. The minimum Gasteiger partial charge on any atom is -0.447 e. The molecular formula is C21H29N3O5. The minimum atomic E-state index is -0.706. The van der Waals surface area contributed by atoms with Crippen molar-refractivity contribution in [2.75, 3.05) is 13.1 Å². The number of benzene rings is 1. The lowest BCUT2D eigenvalue weighted by Gasteiger charge is -2.31. The van der Waals surface area contributed by atoms with E-state index in [1.165, 1.54) is 0 Å². The molecule has 1 aliphatic heterocycles. The first-order valence-corrected chi connectivity index (χ1v) is 9.84. The van der Waals surface area contributed by atoms with Crippen LogP contribution in [0.25, 0.3) is 0 Å². The van der Waals surface area contributed by atoms with Crippen molar-refractivity contribution < 1.29 is 24.2 Å². The van der Waals surface area contributed by atoms with Gasteiger partial charge in [0.2, 0.25) is 5.91 Å². The number of aliphatic hydroxyl groups excluding tert-OH is 1. The predicted molar refractivity (Wildman–Crippen MR) is 108 cm³/mol. The van der Waals surface area contributed by atoms with Crippen LogP contribution in [0.4, 0.5) is 4.79 Å². The maximum Gasteiger partial charge on any atom is 0.413 e. The van der Waals surface area contributed by atoms with Crippen LogP contribution in [0.1, 0.15) is 56.0 Å². The Morgan fingerprint density at radius 1 is 1.14 bits per heavy atom. The van der Waals surface area contributed by atoms with Crippen LogP contribution in [0.3, 0.4) is 0 Å². The maximum absolute atomic E-state index is 12.5. The number of nitrogens with zero attached hydrogens (tertiary/aromatic N) is 1. The summed E-state index contributed by atoms with van der Waals surface area (Å²) in [4.78, 5) is 38.3. The minimum absolute atomic E-state index is 0.0727. The first-order chi connectivity index (χ1) is 13.7. The molecule has 0 saturated carbocycles. The van der Waals surface area contributed by atoms with Gasteiger partial charge in [-0.1, -0.05) is 31.2 Å². The molecule has 1 unspecified atom stereocenters. The Hall–Kier alpha value is -2.74. The smallest absolute Gasteiger partial charge is 0.413 e. The second kappa shape index (κ2) is 10.2. The molecule has 1 atom stereocenters. The Bertz CT molecular complexity index is 752. The highest BCUT2D eigenvalue weighted by atomic mass is 16.6. The van der Waals surface area contributed by atoms with Gasteiger partial charge in [0.05, 0.1) is 12.2 Å². The van der Waals surface area contributed by atoms with Crippen LogP contribution in [-0.4, -0.2) is 58.9 Å². The fourth-order valence-corrected chi connectivity index (χ4v) is 3.12. The third kappa shape index (κ3) is 6.67. The summed E-state index contributed by atoms with van der Waals surface area (Å²) in [7, 11) is 0. The second-order valence-corrected chi connectivity index (χ2v) is 7.62. The number of hydrogen-bond acceptors (Lipinski definition) is 6. The van der Waals surface area contributed by atoms with Gasteiger partial charge in [-0.05, 0) is 26.7 Å². The van der Waals surface area contributed by atoms with Crippen molar-refractivity contribution in [1.29, 1.82) is 5.41 Å². The Kier molecular flexibility index (Phi) is 7.90. The average Bonchev–Trinajstić information content (AvgIpc) is 2.67. The van der Waals surface area contributed by atoms with Gasteiger partial charge in [0, 0.05) is 36.6 Å². The van der Waals surface area contributed by atoms with Crippen LogP contribution in [0.5, 0.6) is 0 Å². The Balaban J connectivity index is 1.90. The van der Waals surface area contributed by atoms with Crippen molar-refractivity contribution in [2.45, 2.75) is 52.2 Å². The molecule has 1 aromatic carbocycles. The number of amides is 2. The van der Waals surface area contributed by atoms with E-state index in [0.29, 0.717) is 37.1 Å². The lowest BCUT2D eigenvalue weighted by molar-refractivity contribution is -0.136. The molecule has 2 amide bonds. The summed E-state index contributed by atoms with van der Waals surface area (Å²) < 4.78 is 4.93. The molecule has 0 spiro atoms. The van der Waals surface area contributed by atoms with Gasteiger partial charge in [0.25, 0.3) is 0 Å². The molecule has 8 nitrogen and oxygen atoms in total. The first-order valence-electron chi connectivity index (χ1n) is 9.84. The van der Waals surface area contributed by atoms with E-state index >= 15 is 0 Å². The average molecular weight is 403 g/mol. The van der Waals surface area contributed by atoms with Crippen LogP contribution >= 0.6 is 0 Å². The number of alkyl carbamates (subject to hydrolysis) is 1. The largest absolute Gasteiger partial charge is 0.447 e. The van der Waals surface area contributed by atoms with Crippen molar-refractivity contribution in [1.82, 2.24) is 10.2 Å². The molecule has 1 fully saturated rings. The predicted octanol–water partition coefficient (Wildman–Crippen LogP) is 2.34. The van der Waals surface area contributed by atoms with Crippen molar-refractivity contribution in [3.8, 4) is 0 Å². The number of carbonyl (C=O) groups excluding carboxylic acids is 3. The van der Waals surface area contributed by atoms with Crippen molar-refractivity contribution in [2.24, 2.45) is 5.92 Å². The van der Waals surface area contributed by atoms with E-state index in [-0.39, 0.29) is 36.2 Å². The van der Waals surface area contributed by atoms with E-state index in [1.807, 2.05) is 0 Å². The van der Waals surface area contributed by atoms with Crippen LogP contribution < -0.4 is 5.32 Å². The molecule has 0 aliphatic carbocycles. The summed E-state index contributed by atoms with van der Waals surface area (Å²) in [5.74, 6) is -0.793. The topological polar surface area (TPSA) is 120 Å². The first kappa shape index (κ1) is 22.5. The number of likely N-dealkylation sites (tertiary alicyclic amines) is 1. The van der Waals surface area contributed by atoms with Gasteiger partial charge in [0.15, 0.2) is 5.78 Å². The molecule has 1 aromatic rings. The standard InChI is InChI=1S/C21H29N3O5/c1-13(2)29-21(28)23-19(22)16-6-4-15(5-7-16)18(26)12-14(3)20(27)24-10-8-17(25)9-11-24/h4-7,13-14,17,25H,8-12H2,1-3H3,(H2,22,23,28). The number of Topliss-reactive ketones (excluding diaryl/α,β-unsaturated/α-hetero) is 1. The lowest BCUT2D eigenvalue weighted by atomic mass is 9.96. The summed E-state index contributed by atoms with van der Waals surface area (Å²) in [6.07, 6.45) is -0.120. The molecule has 0 aromatic heterocycles. The molecule has 1 aliphatic rings. The SMILES string of the molecule is CC(C)OC(=O)NC(=N)c1ccc(C(=O)CC(C)C(=O)N2CCC(O)CC2)cc1. The number of aliphatic hydroxyl groups is 1. The third-order valence-corrected chi connectivity index (χ3v) is 4.75. The molecule has 1 heterocycles. The van der Waals surface area contributed by atoms with Gasteiger partial charge in [-0.25, -0.2) is 4.79 Å². The molecule has 8 heteroatoms. The summed E-state index contributed by atoms with van der Waals surface area (Å²) in [6, 6.07) is 6.31. The molecule has 2 rings (SSSR count). The van der Waals surface area contributed by atoms with Crippen molar-refractivity contribution in [3.05, 3.63) is 35.4 Å². The van der Waals surface area contributed by atoms with E-state index in [1.54, 1.807) is 49.9 Å². The molecule has 1 saturated heterocycles. The van der Waals surface area contributed by atoms with Crippen LogP contribution in [0.15, 0.2) is 24.3 Å². The summed E-state index contributed by atoms with van der Waals surface area (Å²) in [5, 5.41) is 19.8. The molecule has 29 heavy (non-hydrogen) atoms. The van der Waals surface area contributed by atoms with Crippen molar-refractivity contribution in [3.63, 3.8) is 0 Å². The second-order valence-electron chi connectivity index (χ2n) is 7.62. The normalized spacial score (nSPS) is 15.7. The van der Waals surface area contributed by atoms with E-state index in [2.05, 4.69) is 5.32 Å². The van der Waals surface area contributed by atoms with Gasteiger partial charge in [-0.15, -0.1) is 0 Å². The maximum atomic E-state index is 12.5. The van der Waals surface area contributed by atoms with Crippen LogP contribution in [-0.2, 0) is 9.53 Å². The van der Waals surface area contributed by atoms with Gasteiger partial charge in [0.1, 0.15) is 5.84 Å². The molecular weight excluding hydrogens is 374 g/mol. The lowest BCUT2D eigenvalue weighted by Crippen LogP contribution is -2.42. The van der Waals surface area contributed by atoms with Gasteiger partial charge >= 0.3 is 6.09 Å². The fourth-order valence-electron chi connectivity index (χ4n) is 3.12. The number of rotatable bonds is 6. The van der Waals surface area contributed by atoms with Gasteiger partial charge in [-0.3, -0.25) is 20.3 Å². The van der Waals surface area contributed by atoms with Gasteiger partial charge < -0.3 is 14.7 Å². The highest BCUT2D eigenvalue weighted by Gasteiger charge is 2.26. The number of nitrogens with one attached hydrogen (secondary N) is 2. The van der Waals surface area contributed by atoms with Crippen molar-refractivity contribution >= 4 is 23.6 Å². The van der Waals surface area contributed by atoms with E-state index in [4.69, 9.17) is 10.1 Å². The molecule has 0 radical (unpaired) electrons. The Labute approximate surface area is 170 Å². The zero-order chi connectivity index (χ0) is 21.6. The Morgan fingerprint density at radius 3 is 2.24 bits per heavy atom. The third-order valence-electron chi connectivity index (χ3n) is 4.75. The molecule has 3 N–H and O–H groups in total. The Morgan fingerprint density at radius 2 is 1.69 bits per heavy atom. The number of hydrogen-bond donors (Lipinski definition) is 3. The van der Waals surface area contributed by atoms with E-state index in [9.17, 15) is 19.5 Å². The zero-order valence-corrected chi connectivity index (χ0v) is 17.1. The van der Waals surface area contributed by atoms with E-state index in [0.717, 1.165) is 0 Å². The van der Waals surface area contributed by atoms with Gasteiger partial charge in [-0.2, -0.15) is 0 Å². The summed E-state index contributed by atoms with van der Waals surface area (Å²) in [5.41, 5.74) is 0.887. The van der Waals surface area contributed by atoms with Crippen LogP contribution in [0.2, 0.25) is 0 Å².